The van der Waals surface area contributed by atoms with Gasteiger partial charge in [0.15, 0.2) is 6.61 Å². The van der Waals surface area contributed by atoms with Crippen molar-refractivity contribution in [2.45, 2.75) is 65.1 Å². The van der Waals surface area contributed by atoms with Gasteiger partial charge in [-0.3, -0.25) is 9.59 Å². The molecular weight excluding hydrogens is 395 g/mol. The molecule has 5 nitrogen and oxygen atoms in total. The van der Waals surface area contributed by atoms with Gasteiger partial charge in [-0.05, 0) is 62.9 Å². The molecule has 2 aromatic rings. The monoisotopic (exact) mass is 426 g/mol. The molecule has 166 valence electrons. The summed E-state index contributed by atoms with van der Waals surface area (Å²) >= 11 is 0. The van der Waals surface area contributed by atoms with Gasteiger partial charge in [0, 0.05) is 18.2 Å². The van der Waals surface area contributed by atoms with Crippen molar-refractivity contribution in [2.24, 2.45) is 0 Å². The van der Waals surface area contributed by atoms with Crippen molar-refractivity contribution < 1.29 is 18.7 Å². The number of amides is 2. The van der Waals surface area contributed by atoms with Crippen molar-refractivity contribution in [1.82, 2.24) is 10.2 Å². The molecule has 2 amide bonds. The highest BCUT2D eigenvalue weighted by Crippen LogP contribution is 2.20. The molecule has 0 heterocycles. The van der Waals surface area contributed by atoms with Crippen LogP contribution >= 0.6 is 0 Å². The molecule has 1 unspecified atom stereocenters. The normalized spacial score (nSPS) is 14.8. The van der Waals surface area contributed by atoms with E-state index in [1.165, 1.54) is 11.0 Å². The molecule has 0 spiro atoms. The summed E-state index contributed by atoms with van der Waals surface area (Å²) in [6.45, 7) is 5.44. The molecule has 1 fully saturated rings. The van der Waals surface area contributed by atoms with E-state index in [4.69, 9.17) is 4.74 Å². The molecule has 0 aromatic heterocycles. The average molecular weight is 427 g/mol. The second-order valence-electron chi connectivity index (χ2n) is 8.31. The summed E-state index contributed by atoms with van der Waals surface area (Å²) < 4.78 is 20.0. The SMILES string of the molecule is Cc1ccc(OCC(=O)N(Cc2ccccc2F)C(C)C(=O)NC2CCCC2)cc1C. The number of nitrogens with one attached hydrogen (secondary N) is 1. The molecular formula is C25H31FN2O3. The molecule has 1 N–H and O–H groups in total. The molecule has 0 aliphatic heterocycles. The molecule has 0 radical (unpaired) electrons. The van der Waals surface area contributed by atoms with E-state index in [0.717, 1.165) is 36.8 Å². The maximum atomic E-state index is 14.3. The van der Waals surface area contributed by atoms with Crippen molar-refractivity contribution >= 4 is 11.8 Å². The van der Waals surface area contributed by atoms with Crippen LogP contribution in [0.5, 0.6) is 5.75 Å². The maximum Gasteiger partial charge on any atom is 0.261 e. The second-order valence-corrected chi connectivity index (χ2v) is 8.31. The van der Waals surface area contributed by atoms with Crippen LogP contribution in [0.1, 0.15) is 49.3 Å². The van der Waals surface area contributed by atoms with E-state index >= 15 is 0 Å². The Morgan fingerprint density at radius 3 is 2.52 bits per heavy atom. The summed E-state index contributed by atoms with van der Waals surface area (Å²) in [6.07, 6.45) is 4.10. The summed E-state index contributed by atoms with van der Waals surface area (Å²) in [5.41, 5.74) is 2.57. The lowest BCUT2D eigenvalue weighted by Crippen LogP contribution is -2.50. The van der Waals surface area contributed by atoms with Crippen molar-refractivity contribution in [3.05, 3.63) is 65.0 Å². The van der Waals surface area contributed by atoms with Crippen molar-refractivity contribution in [1.29, 1.82) is 0 Å². The largest absolute Gasteiger partial charge is 0.484 e. The highest BCUT2D eigenvalue weighted by Gasteiger charge is 2.29. The number of carbonyl (C=O) groups is 2. The van der Waals surface area contributed by atoms with Gasteiger partial charge < -0.3 is 15.0 Å². The Morgan fingerprint density at radius 2 is 1.84 bits per heavy atom. The van der Waals surface area contributed by atoms with Crippen molar-refractivity contribution in [3.63, 3.8) is 0 Å². The minimum Gasteiger partial charge on any atom is -0.484 e. The fraction of sp³-hybridized carbons (Fsp3) is 0.440. The van der Waals surface area contributed by atoms with Gasteiger partial charge >= 0.3 is 0 Å². The predicted molar refractivity (Wildman–Crippen MR) is 118 cm³/mol. The molecule has 2 aromatic carbocycles. The van der Waals surface area contributed by atoms with Crippen LogP contribution in [0.4, 0.5) is 4.39 Å². The Kier molecular flexibility index (Phi) is 7.66. The van der Waals surface area contributed by atoms with E-state index in [9.17, 15) is 14.0 Å². The highest BCUT2D eigenvalue weighted by atomic mass is 19.1. The van der Waals surface area contributed by atoms with E-state index in [1.54, 1.807) is 25.1 Å². The first-order chi connectivity index (χ1) is 14.8. The van der Waals surface area contributed by atoms with Gasteiger partial charge in [0.05, 0.1) is 0 Å². The first kappa shape index (κ1) is 22.8. The third-order valence-electron chi connectivity index (χ3n) is 6.01. The minimum atomic E-state index is -0.740. The molecule has 3 rings (SSSR count). The van der Waals surface area contributed by atoms with Crippen LogP contribution in [0.2, 0.25) is 0 Å². The minimum absolute atomic E-state index is 0.00104. The van der Waals surface area contributed by atoms with Crippen molar-refractivity contribution in [2.75, 3.05) is 6.61 Å². The van der Waals surface area contributed by atoms with Crippen molar-refractivity contribution in [3.8, 4) is 5.75 Å². The highest BCUT2D eigenvalue weighted by molar-refractivity contribution is 5.88. The van der Waals surface area contributed by atoms with Gasteiger partial charge in [-0.25, -0.2) is 4.39 Å². The smallest absolute Gasteiger partial charge is 0.261 e. The standard InChI is InChI=1S/C25H31FN2O3/c1-17-12-13-22(14-18(17)2)31-16-24(29)28(15-20-8-4-7-11-23(20)26)19(3)25(30)27-21-9-5-6-10-21/h4,7-8,11-14,19,21H,5-6,9-10,15-16H2,1-3H3,(H,27,30). The number of carbonyl (C=O) groups excluding carboxylic acids is 2. The lowest BCUT2D eigenvalue weighted by molar-refractivity contribution is -0.142. The molecule has 0 saturated heterocycles. The van der Waals surface area contributed by atoms with Gasteiger partial charge in [0.2, 0.25) is 5.91 Å². The van der Waals surface area contributed by atoms with Crippen LogP contribution in [-0.4, -0.2) is 35.4 Å². The van der Waals surface area contributed by atoms with E-state index in [1.807, 2.05) is 32.0 Å². The lowest BCUT2D eigenvalue weighted by atomic mass is 10.1. The molecule has 6 heteroatoms. The van der Waals surface area contributed by atoms with Gasteiger partial charge in [-0.2, -0.15) is 0 Å². The quantitative estimate of drug-likeness (QED) is 0.685. The number of hydrogen-bond acceptors (Lipinski definition) is 3. The number of halogens is 1. The van der Waals surface area contributed by atoms with Crippen LogP contribution in [0, 0.1) is 19.7 Å². The van der Waals surface area contributed by atoms with Crippen LogP contribution in [0.3, 0.4) is 0 Å². The average Bonchev–Trinajstić information content (AvgIpc) is 3.26. The molecule has 1 saturated carbocycles. The molecule has 1 atom stereocenters. The van der Waals surface area contributed by atoms with Gasteiger partial charge in [-0.15, -0.1) is 0 Å². The first-order valence-electron chi connectivity index (χ1n) is 10.9. The number of rotatable bonds is 8. The van der Waals surface area contributed by atoms with E-state index < -0.39 is 11.9 Å². The third-order valence-corrected chi connectivity index (χ3v) is 6.01. The zero-order valence-corrected chi connectivity index (χ0v) is 18.5. The Morgan fingerprint density at radius 1 is 1.13 bits per heavy atom. The summed E-state index contributed by atoms with van der Waals surface area (Å²) in [6, 6.07) is 11.3. The van der Waals surface area contributed by atoms with Crippen LogP contribution in [0.15, 0.2) is 42.5 Å². The molecule has 1 aliphatic carbocycles. The summed E-state index contributed by atoms with van der Waals surface area (Å²) in [5.74, 6) is -0.401. The Labute approximate surface area is 183 Å². The Bertz CT molecular complexity index is 925. The molecule has 0 bridgehead atoms. The fourth-order valence-electron chi connectivity index (χ4n) is 3.82. The lowest BCUT2D eigenvalue weighted by Gasteiger charge is -2.29. The topological polar surface area (TPSA) is 58.6 Å². The zero-order chi connectivity index (χ0) is 22.4. The van der Waals surface area contributed by atoms with E-state index in [0.29, 0.717) is 11.3 Å². The van der Waals surface area contributed by atoms with Crippen LogP contribution in [-0.2, 0) is 16.1 Å². The summed E-state index contributed by atoms with van der Waals surface area (Å²) in [4.78, 5) is 27.3. The third kappa shape index (κ3) is 6.06. The fourth-order valence-corrected chi connectivity index (χ4v) is 3.82. The van der Waals surface area contributed by atoms with Crippen LogP contribution in [0.25, 0.3) is 0 Å². The first-order valence-corrected chi connectivity index (χ1v) is 10.9. The van der Waals surface area contributed by atoms with Gasteiger partial charge in [0.1, 0.15) is 17.6 Å². The number of hydrogen-bond donors (Lipinski definition) is 1. The number of benzene rings is 2. The van der Waals surface area contributed by atoms with Crippen LogP contribution < -0.4 is 10.1 Å². The Hall–Kier alpha value is -2.89. The molecule has 31 heavy (non-hydrogen) atoms. The number of nitrogens with zero attached hydrogens (tertiary/aromatic N) is 1. The maximum absolute atomic E-state index is 14.3. The van der Waals surface area contributed by atoms with Gasteiger partial charge in [-0.1, -0.05) is 37.1 Å². The number of aryl methyl sites for hydroxylation is 2. The number of ether oxygens (including phenoxy) is 1. The van der Waals surface area contributed by atoms with E-state index in [-0.39, 0.29) is 31.0 Å². The summed E-state index contributed by atoms with van der Waals surface area (Å²) in [5, 5.41) is 3.03. The predicted octanol–water partition coefficient (Wildman–Crippen LogP) is 4.30. The van der Waals surface area contributed by atoms with Gasteiger partial charge in [0.25, 0.3) is 5.91 Å². The summed E-state index contributed by atoms with van der Waals surface area (Å²) in [7, 11) is 0. The molecule has 1 aliphatic rings. The second kappa shape index (κ2) is 10.4. The Balaban J connectivity index is 1.73. The zero-order valence-electron chi connectivity index (χ0n) is 18.5. The van der Waals surface area contributed by atoms with E-state index in [2.05, 4.69) is 5.32 Å².